The molecular weight excluding hydrogens is 446 g/mol. The average molecular weight is 478 g/mol. The van der Waals surface area contributed by atoms with Crippen LogP contribution in [0.1, 0.15) is 47.3 Å². The van der Waals surface area contributed by atoms with E-state index in [2.05, 4.69) is 9.88 Å². The Morgan fingerprint density at radius 2 is 1.73 bits per heavy atom. The number of benzene rings is 1. The topological polar surface area (TPSA) is 93.6 Å². The molecule has 1 N–H and O–H groups in total. The molecule has 9 heteroatoms. The van der Waals surface area contributed by atoms with Crippen LogP contribution < -0.4 is 20.7 Å². The average Bonchev–Trinajstić information content (AvgIpc) is 2.83. The van der Waals surface area contributed by atoms with Gasteiger partial charge >= 0.3 is 5.69 Å². The molecule has 1 saturated heterocycles. The fourth-order valence-corrected chi connectivity index (χ4v) is 4.92. The van der Waals surface area contributed by atoms with Gasteiger partial charge in [0.2, 0.25) is 0 Å². The number of ketones is 1. The first-order chi connectivity index (χ1) is 15.5. The number of rotatable bonds is 7. The van der Waals surface area contributed by atoms with E-state index >= 15 is 0 Å². The van der Waals surface area contributed by atoms with Crippen molar-refractivity contribution in [1.82, 2.24) is 14.5 Å². The van der Waals surface area contributed by atoms with Gasteiger partial charge in [0.05, 0.1) is 14.2 Å². The van der Waals surface area contributed by atoms with Gasteiger partial charge in [-0.1, -0.05) is 0 Å². The number of nitrogens with zero attached hydrogens (tertiary/aromatic N) is 2. The molecule has 0 saturated carbocycles. The monoisotopic (exact) mass is 477 g/mol. The Morgan fingerprint density at radius 1 is 1.03 bits per heavy atom. The first kappa shape index (κ1) is 25.1. The number of methoxy groups -OCH3 is 2. The SMILES string of the molecule is COc1ccc(C(=O)C2CCN(CCn3c4c(c(=O)[nH]c3=O)CCCC4)CC2)cc1OC.Cl. The summed E-state index contributed by atoms with van der Waals surface area (Å²) in [6.07, 6.45) is 5.11. The van der Waals surface area contributed by atoms with E-state index in [0.29, 0.717) is 23.6 Å². The van der Waals surface area contributed by atoms with Crippen molar-refractivity contribution < 1.29 is 14.3 Å². The maximum atomic E-state index is 13.0. The van der Waals surface area contributed by atoms with Crippen molar-refractivity contribution in [3.8, 4) is 11.5 Å². The molecule has 2 heterocycles. The van der Waals surface area contributed by atoms with Gasteiger partial charge in [0.25, 0.3) is 5.56 Å². The third kappa shape index (κ3) is 5.33. The van der Waals surface area contributed by atoms with Crippen molar-refractivity contribution in [1.29, 1.82) is 0 Å². The van der Waals surface area contributed by atoms with E-state index in [4.69, 9.17) is 9.47 Å². The third-order valence-electron chi connectivity index (χ3n) is 6.77. The second-order valence-corrected chi connectivity index (χ2v) is 8.59. The molecular formula is C24H32ClN3O5. The zero-order valence-corrected chi connectivity index (χ0v) is 20.0. The summed E-state index contributed by atoms with van der Waals surface area (Å²) in [6, 6.07) is 5.31. The molecule has 2 aromatic rings. The summed E-state index contributed by atoms with van der Waals surface area (Å²) in [7, 11) is 3.14. The maximum absolute atomic E-state index is 13.0. The molecule has 0 unspecified atom stereocenters. The van der Waals surface area contributed by atoms with Gasteiger partial charge in [-0.3, -0.25) is 19.1 Å². The number of fused-ring (bicyclic) bond motifs is 1. The molecule has 0 radical (unpaired) electrons. The quantitative estimate of drug-likeness (QED) is 0.616. The lowest BCUT2D eigenvalue weighted by molar-refractivity contribution is 0.0836. The van der Waals surface area contributed by atoms with Crippen molar-refractivity contribution in [2.45, 2.75) is 45.1 Å². The highest BCUT2D eigenvalue weighted by Crippen LogP contribution is 2.30. The number of nitrogens with one attached hydrogen (secondary N) is 1. The number of likely N-dealkylation sites (tertiary alicyclic amines) is 1. The predicted octanol–water partition coefficient (Wildman–Crippen LogP) is 2.45. The molecule has 2 aliphatic rings. The van der Waals surface area contributed by atoms with Crippen LogP contribution in [0, 0.1) is 5.92 Å². The summed E-state index contributed by atoms with van der Waals surface area (Å²) >= 11 is 0. The molecule has 1 fully saturated rings. The number of carbonyl (C=O) groups excluding carboxylic acids is 1. The molecule has 1 aromatic heterocycles. The molecule has 180 valence electrons. The fraction of sp³-hybridized carbons (Fsp3) is 0.542. The summed E-state index contributed by atoms with van der Waals surface area (Å²) in [5.41, 5.74) is 1.79. The van der Waals surface area contributed by atoms with Crippen LogP contribution in [-0.4, -0.2) is 54.1 Å². The number of carbonyl (C=O) groups is 1. The van der Waals surface area contributed by atoms with Gasteiger partial charge in [-0.15, -0.1) is 12.4 Å². The van der Waals surface area contributed by atoms with Crippen LogP contribution in [0.15, 0.2) is 27.8 Å². The minimum atomic E-state index is -0.311. The molecule has 0 atom stereocenters. The van der Waals surface area contributed by atoms with Crippen molar-refractivity contribution in [3.63, 3.8) is 0 Å². The Morgan fingerprint density at radius 3 is 2.42 bits per heavy atom. The van der Waals surface area contributed by atoms with Gasteiger partial charge in [0, 0.05) is 35.8 Å². The summed E-state index contributed by atoms with van der Waals surface area (Å²) in [5.74, 6) is 1.29. The lowest BCUT2D eigenvalue weighted by Gasteiger charge is -2.32. The fourth-order valence-electron chi connectivity index (χ4n) is 4.92. The molecule has 1 aromatic carbocycles. The van der Waals surface area contributed by atoms with E-state index in [0.717, 1.165) is 69.4 Å². The third-order valence-corrected chi connectivity index (χ3v) is 6.77. The Labute approximate surface area is 199 Å². The van der Waals surface area contributed by atoms with Crippen LogP contribution in [0.2, 0.25) is 0 Å². The predicted molar refractivity (Wildman–Crippen MR) is 128 cm³/mol. The van der Waals surface area contributed by atoms with Crippen LogP contribution in [0.5, 0.6) is 11.5 Å². The summed E-state index contributed by atoms with van der Waals surface area (Å²) < 4.78 is 12.3. The van der Waals surface area contributed by atoms with Gasteiger partial charge in [-0.25, -0.2) is 4.79 Å². The van der Waals surface area contributed by atoms with Crippen LogP contribution in [0.3, 0.4) is 0 Å². The van der Waals surface area contributed by atoms with Crippen molar-refractivity contribution in [2.75, 3.05) is 33.9 Å². The number of hydrogen-bond acceptors (Lipinski definition) is 6. The molecule has 8 nitrogen and oxygen atoms in total. The summed E-state index contributed by atoms with van der Waals surface area (Å²) in [4.78, 5) is 42.3. The van der Waals surface area contributed by atoms with Gasteiger partial charge in [-0.2, -0.15) is 0 Å². The zero-order valence-electron chi connectivity index (χ0n) is 19.2. The minimum Gasteiger partial charge on any atom is -0.493 e. The van der Waals surface area contributed by atoms with E-state index in [1.807, 2.05) is 0 Å². The Bertz CT molecular complexity index is 1100. The normalized spacial score (nSPS) is 16.5. The second-order valence-electron chi connectivity index (χ2n) is 8.59. The van der Waals surface area contributed by atoms with Gasteiger partial charge in [-0.05, 0) is 69.8 Å². The Hall–Kier alpha value is -2.58. The first-order valence-electron chi connectivity index (χ1n) is 11.3. The molecule has 1 aliphatic heterocycles. The number of hydrogen-bond donors (Lipinski definition) is 1. The highest BCUT2D eigenvalue weighted by molar-refractivity contribution is 5.98. The van der Waals surface area contributed by atoms with Crippen LogP contribution >= 0.6 is 12.4 Å². The summed E-state index contributed by atoms with van der Waals surface area (Å²) in [6.45, 7) is 2.91. The van der Waals surface area contributed by atoms with E-state index in [1.54, 1.807) is 37.0 Å². The van der Waals surface area contributed by atoms with Crippen LogP contribution in [0.4, 0.5) is 0 Å². The molecule has 0 amide bonds. The van der Waals surface area contributed by atoms with Crippen LogP contribution in [-0.2, 0) is 19.4 Å². The number of aromatic amines is 1. The van der Waals surface area contributed by atoms with Gasteiger partial charge in [0.1, 0.15) is 0 Å². The van der Waals surface area contributed by atoms with E-state index in [9.17, 15) is 14.4 Å². The van der Waals surface area contributed by atoms with E-state index < -0.39 is 0 Å². The number of H-pyrrole nitrogens is 1. The van der Waals surface area contributed by atoms with Crippen molar-refractivity contribution in [3.05, 3.63) is 55.9 Å². The standard InChI is InChI=1S/C24H31N3O5.ClH/c1-31-20-8-7-17(15-21(20)32-2)22(28)16-9-11-26(12-10-16)13-14-27-19-6-4-3-5-18(19)23(29)25-24(27)30;/h7-8,15-16H,3-6,9-14H2,1-2H3,(H,25,29,30);1H. The van der Waals surface area contributed by atoms with Gasteiger partial charge in [0.15, 0.2) is 17.3 Å². The van der Waals surface area contributed by atoms with E-state index in [-0.39, 0.29) is 35.4 Å². The number of piperidine rings is 1. The lowest BCUT2D eigenvalue weighted by Crippen LogP contribution is -2.42. The van der Waals surface area contributed by atoms with Crippen LogP contribution in [0.25, 0.3) is 0 Å². The number of Topliss-reactive ketones (excluding diaryl/α,β-unsaturated/α-hetero) is 1. The molecule has 1 aliphatic carbocycles. The van der Waals surface area contributed by atoms with Crippen molar-refractivity contribution >= 4 is 18.2 Å². The Balaban J connectivity index is 0.00000306. The molecule has 4 rings (SSSR count). The van der Waals surface area contributed by atoms with Gasteiger partial charge < -0.3 is 14.4 Å². The Kier molecular flexibility index (Phi) is 8.37. The molecule has 0 spiro atoms. The maximum Gasteiger partial charge on any atom is 0.328 e. The number of aromatic nitrogens is 2. The molecule has 0 bridgehead atoms. The zero-order chi connectivity index (χ0) is 22.7. The number of halogens is 1. The lowest BCUT2D eigenvalue weighted by atomic mass is 9.88. The van der Waals surface area contributed by atoms with E-state index in [1.165, 1.54) is 0 Å². The first-order valence-corrected chi connectivity index (χ1v) is 11.3. The second kappa shape index (κ2) is 11.0. The number of ether oxygens (including phenoxy) is 2. The smallest absolute Gasteiger partial charge is 0.328 e. The summed E-state index contributed by atoms with van der Waals surface area (Å²) in [5, 5.41) is 0. The molecule has 33 heavy (non-hydrogen) atoms. The largest absolute Gasteiger partial charge is 0.493 e. The van der Waals surface area contributed by atoms with Crippen molar-refractivity contribution in [2.24, 2.45) is 5.92 Å². The highest BCUT2D eigenvalue weighted by atomic mass is 35.5. The minimum absolute atomic E-state index is 0. The highest BCUT2D eigenvalue weighted by Gasteiger charge is 2.27.